The number of hydrogen-bond acceptors (Lipinski definition) is 1. The van der Waals surface area contributed by atoms with Crippen LogP contribution in [0.2, 0.25) is 0 Å². The number of nitrogens with one attached hydrogen (secondary N) is 1. The summed E-state index contributed by atoms with van der Waals surface area (Å²) < 4.78 is 0. The van der Waals surface area contributed by atoms with Gasteiger partial charge in [0.1, 0.15) is 0 Å². The van der Waals surface area contributed by atoms with Gasteiger partial charge < -0.3 is 0 Å². The quantitative estimate of drug-likeness (QED) is 0.340. The Kier molecular flexibility index (Phi) is 4.23. The fraction of sp³-hybridized carbons (Fsp3) is 0.600. The van der Waals surface area contributed by atoms with E-state index in [1.54, 1.807) is 0 Å². The molecule has 0 aliphatic heterocycles. The normalized spacial score (nSPS) is 13.8. The van der Waals surface area contributed by atoms with Crippen LogP contribution in [0.4, 0.5) is 0 Å². The summed E-state index contributed by atoms with van der Waals surface area (Å²) in [6, 6.07) is 0. The van der Waals surface area contributed by atoms with Crippen LogP contribution in [0.1, 0.15) is 6.92 Å². The van der Waals surface area contributed by atoms with E-state index >= 15 is 0 Å². The molecule has 0 aromatic heterocycles. The molecule has 0 aliphatic carbocycles. The minimum Gasteiger partial charge on any atom is -0.299 e. The van der Waals surface area contributed by atoms with Crippen molar-refractivity contribution >= 4 is 21.8 Å². The van der Waals surface area contributed by atoms with E-state index in [2.05, 4.69) is 11.9 Å². The fourth-order valence-electron chi connectivity index (χ4n) is 0.353. The summed E-state index contributed by atoms with van der Waals surface area (Å²) in [6.07, 6.45) is 0. The van der Waals surface area contributed by atoms with Crippen molar-refractivity contribution in [2.24, 2.45) is 0 Å². The molecule has 0 amide bonds. The van der Waals surface area contributed by atoms with Crippen molar-refractivity contribution in [1.29, 1.82) is 0 Å². The van der Waals surface area contributed by atoms with Gasteiger partial charge in [-0.3, -0.25) is 5.32 Å². The van der Waals surface area contributed by atoms with Gasteiger partial charge in [0.05, 0.1) is 5.50 Å². The molecule has 8 heavy (non-hydrogen) atoms. The van der Waals surface area contributed by atoms with Crippen LogP contribution in [0.3, 0.4) is 0 Å². The van der Waals surface area contributed by atoms with Crippen LogP contribution in [0, 0.1) is 0 Å². The zero-order chi connectivity index (χ0) is 6.57. The average Bonchev–Trinajstić information content (AvgIpc) is 1.67. The maximum Gasteiger partial charge on any atom is 0.0993 e. The van der Waals surface area contributed by atoms with Crippen molar-refractivity contribution in [2.75, 3.05) is 6.54 Å². The summed E-state index contributed by atoms with van der Waals surface area (Å²) in [6.45, 7) is 6.68. The van der Waals surface area contributed by atoms with Gasteiger partial charge in [-0.1, -0.05) is 12.1 Å². The van der Waals surface area contributed by atoms with Gasteiger partial charge in [-0.2, -0.15) is 0 Å². The molecule has 0 aliphatic rings. The second-order valence-corrected chi connectivity index (χ2v) is 3.49. The monoisotopic (exact) mass is 149 g/mol. The summed E-state index contributed by atoms with van der Waals surface area (Å²) in [5, 5.41) is 4.15. The number of alkyl halides is 1. The van der Waals surface area contributed by atoms with Crippen molar-refractivity contribution in [1.82, 2.24) is 5.32 Å². The first-order chi connectivity index (χ1) is 3.68. The van der Waals surface area contributed by atoms with E-state index in [1.807, 2.05) is 6.92 Å². The predicted octanol–water partition coefficient (Wildman–Crippen LogP) is 0.0399. The molecule has 0 aromatic rings. The molecule has 0 bridgehead atoms. The van der Waals surface area contributed by atoms with Crippen molar-refractivity contribution in [3.05, 3.63) is 11.8 Å². The zero-order valence-electron chi connectivity index (χ0n) is 5.37. The summed E-state index contributed by atoms with van der Waals surface area (Å²) in [7, 11) is 0.978. The van der Waals surface area contributed by atoms with Crippen LogP contribution < -0.4 is 5.32 Å². The third-order valence-electron chi connectivity index (χ3n) is 0.816. The molecule has 0 rings (SSSR count). The number of likely N-dealkylation sites (N-methyl/N-ethyl adjacent to an activating group) is 1. The largest absolute Gasteiger partial charge is 0.299 e. The van der Waals surface area contributed by atoms with E-state index in [4.69, 9.17) is 11.6 Å². The Labute approximate surface area is 58.5 Å². The van der Waals surface area contributed by atoms with Gasteiger partial charge in [0.15, 0.2) is 0 Å². The van der Waals surface area contributed by atoms with Gasteiger partial charge in [-0.15, -0.1) is 18.2 Å². The summed E-state index contributed by atoms with van der Waals surface area (Å²) in [5.74, 6) is 0. The Morgan fingerprint density at radius 3 is 2.62 bits per heavy atom. The molecule has 3 heteroatoms. The van der Waals surface area contributed by atoms with E-state index in [9.17, 15) is 0 Å². The van der Waals surface area contributed by atoms with Crippen LogP contribution in [0.25, 0.3) is 0 Å². The second kappa shape index (κ2) is 4.12. The van der Waals surface area contributed by atoms with Gasteiger partial charge in [-0.25, -0.2) is 0 Å². The second-order valence-electron chi connectivity index (χ2n) is 1.77. The summed E-state index contributed by atoms with van der Waals surface area (Å²) in [5.41, 5.74) is 0.00617. The summed E-state index contributed by atoms with van der Waals surface area (Å²) >= 11 is 5.74. The Morgan fingerprint density at radius 2 is 2.50 bits per heavy atom. The topological polar surface area (TPSA) is 12.0 Å². The predicted molar refractivity (Wildman–Crippen MR) is 42.4 cm³/mol. The molecule has 1 atom stereocenters. The highest BCUT2D eigenvalue weighted by atomic mass is 35.5. The highest BCUT2D eigenvalue weighted by molar-refractivity contribution is 6.32. The molecule has 0 heterocycles. The maximum atomic E-state index is 5.74. The standard InChI is InChI=1S/C5H12ClNSi/c1-3-7-5(6)4(2)8/h5,7H,2-3H2,1,8H3. The first kappa shape index (κ1) is 8.21. The van der Waals surface area contributed by atoms with E-state index in [1.165, 1.54) is 0 Å². The Morgan fingerprint density at radius 1 is 2.00 bits per heavy atom. The van der Waals surface area contributed by atoms with Crippen LogP contribution in [0.5, 0.6) is 0 Å². The van der Waals surface area contributed by atoms with Crippen molar-refractivity contribution in [3.63, 3.8) is 0 Å². The lowest BCUT2D eigenvalue weighted by atomic mass is 10.6. The van der Waals surface area contributed by atoms with E-state index in [-0.39, 0.29) is 5.50 Å². The first-order valence-corrected chi connectivity index (χ1v) is 4.15. The third kappa shape index (κ3) is 3.24. The molecule has 1 nitrogen and oxygen atoms in total. The molecule has 1 N–H and O–H groups in total. The highest BCUT2D eigenvalue weighted by Crippen LogP contribution is 1.97. The Balaban J connectivity index is 3.32. The van der Waals surface area contributed by atoms with Gasteiger partial charge in [-0.05, 0) is 6.54 Å². The Bertz CT molecular complexity index is 84.5. The van der Waals surface area contributed by atoms with Crippen molar-refractivity contribution < 1.29 is 0 Å². The summed E-state index contributed by atoms with van der Waals surface area (Å²) in [4.78, 5) is 0. The van der Waals surface area contributed by atoms with E-state index in [0.717, 1.165) is 22.0 Å². The van der Waals surface area contributed by atoms with Gasteiger partial charge in [0.2, 0.25) is 0 Å². The molecule has 0 fully saturated rings. The molecular weight excluding hydrogens is 138 g/mol. The number of hydrogen-bond donors (Lipinski definition) is 1. The molecule has 0 saturated carbocycles. The smallest absolute Gasteiger partial charge is 0.0993 e. The maximum absolute atomic E-state index is 5.74. The molecule has 0 spiro atoms. The van der Waals surface area contributed by atoms with E-state index in [0.29, 0.717) is 0 Å². The minimum absolute atomic E-state index is 0.00617. The van der Waals surface area contributed by atoms with E-state index < -0.39 is 0 Å². The van der Waals surface area contributed by atoms with Gasteiger partial charge in [0, 0.05) is 10.2 Å². The molecule has 0 aromatic carbocycles. The van der Waals surface area contributed by atoms with Crippen LogP contribution in [-0.4, -0.2) is 22.3 Å². The van der Waals surface area contributed by atoms with Crippen molar-refractivity contribution in [2.45, 2.75) is 12.4 Å². The van der Waals surface area contributed by atoms with Crippen LogP contribution in [-0.2, 0) is 0 Å². The first-order valence-electron chi connectivity index (χ1n) is 2.71. The average molecular weight is 150 g/mol. The van der Waals surface area contributed by atoms with Gasteiger partial charge >= 0.3 is 0 Å². The van der Waals surface area contributed by atoms with Crippen LogP contribution >= 0.6 is 11.6 Å². The molecular formula is C5H12ClNSi. The zero-order valence-corrected chi connectivity index (χ0v) is 8.13. The minimum atomic E-state index is 0.00617. The lowest BCUT2D eigenvalue weighted by molar-refractivity contribution is 0.748. The van der Waals surface area contributed by atoms with Crippen LogP contribution in [0.15, 0.2) is 11.8 Å². The highest BCUT2D eigenvalue weighted by Gasteiger charge is 1.98. The number of halogens is 1. The fourth-order valence-corrected chi connectivity index (χ4v) is 0.712. The van der Waals surface area contributed by atoms with Crippen molar-refractivity contribution in [3.8, 4) is 0 Å². The molecule has 48 valence electrons. The lowest BCUT2D eigenvalue weighted by Gasteiger charge is -2.07. The molecule has 0 radical (unpaired) electrons. The van der Waals surface area contributed by atoms with Gasteiger partial charge in [0.25, 0.3) is 0 Å². The molecule has 1 unspecified atom stereocenters. The molecule has 0 saturated heterocycles. The third-order valence-corrected chi connectivity index (χ3v) is 2.29. The number of rotatable bonds is 3. The Hall–Kier alpha value is 0.207. The lowest BCUT2D eigenvalue weighted by Crippen LogP contribution is -2.24. The SMILES string of the molecule is C=C([SiH3])C(Cl)NCC.